The molecule has 0 aliphatic heterocycles. The smallest absolute Gasteiger partial charge is 0.0653 e. The molecule has 0 saturated carbocycles. The summed E-state index contributed by atoms with van der Waals surface area (Å²) in [6.07, 6.45) is 1.09. The first-order valence-corrected chi connectivity index (χ1v) is 5.31. The van der Waals surface area contributed by atoms with Crippen LogP contribution in [0.25, 0.3) is 0 Å². The van der Waals surface area contributed by atoms with Crippen molar-refractivity contribution >= 4 is 0 Å². The topological polar surface area (TPSA) is 29.9 Å². The van der Waals surface area contributed by atoms with Crippen molar-refractivity contribution in [1.82, 2.24) is 15.1 Å². The van der Waals surface area contributed by atoms with Gasteiger partial charge in [-0.2, -0.15) is 5.10 Å². The zero-order valence-corrected chi connectivity index (χ0v) is 9.83. The van der Waals surface area contributed by atoms with Gasteiger partial charge in [0.25, 0.3) is 0 Å². The zero-order valence-electron chi connectivity index (χ0n) is 9.83. The Labute approximate surface area is 86.5 Å². The van der Waals surface area contributed by atoms with E-state index >= 15 is 0 Å². The van der Waals surface area contributed by atoms with Gasteiger partial charge in [-0.25, -0.2) is 0 Å². The molecule has 0 aliphatic carbocycles. The van der Waals surface area contributed by atoms with Crippen LogP contribution in [0.4, 0.5) is 0 Å². The number of aryl methyl sites for hydroxylation is 1. The van der Waals surface area contributed by atoms with Crippen molar-refractivity contribution in [2.45, 2.75) is 39.2 Å². The quantitative estimate of drug-likeness (QED) is 0.798. The Morgan fingerprint density at radius 1 is 1.50 bits per heavy atom. The second-order valence-electron chi connectivity index (χ2n) is 4.02. The van der Waals surface area contributed by atoms with Gasteiger partial charge in [0.05, 0.1) is 11.4 Å². The lowest BCUT2D eigenvalue weighted by Gasteiger charge is -2.13. The molecule has 3 nitrogen and oxygen atoms in total. The molecule has 0 radical (unpaired) electrons. The van der Waals surface area contributed by atoms with Gasteiger partial charge in [-0.3, -0.25) is 4.68 Å². The van der Waals surface area contributed by atoms with Gasteiger partial charge in [0.15, 0.2) is 0 Å². The predicted octanol–water partition coefficient (Wildman–Crippen LogP) is 2.21. The molecule has 0 fully saturated rings. The van der Waals surface area contributed by atoms with Crippen LogP contribution in [-0.2, 0) is 7.05 Å². The SMILES string of the molecule is CCC(NC)c1cc(C(C)C)nn1C. The molecule has 1 rings (SSSR count). The van der Waals surface area contributed by atoms with E-state index in [1.165, 1.54) is 11.4 Å². The molecular formula is C11H21N3. The lowest BCUT2D eigenvalue weighted by atomic mass is 10.1. The largest absolute Gasteiger partial charge is 0.312 e. The van der Waals surface area contributed by atoms with Gasteiger partial charge >= 0.3 is 0 Å². The minimum Gasteiger partial charge on any atom is -0.312 e. The van der Waals surface area contributed by atoms with E-state index in [1.54, 1.807) is 0 Å². The Morgan fingerprint density at radius 3 is 2.50 bits per heavy atom. The van der Waals surface area contributed by atoms with E-state index in [4.69, 9.17) is 0 Å². The van der Waals surface area contributed by atoms with Crippen LogP contribution in [-0.4, -0.2) is 16.8 Å². The molecule has 1 heterocycles. The fraction of sp³-hybridized carbons (Fsp3) is 0.727. The van der Waals surface area contributed by atoms with Gasteiger partial charge in [0.2, 0.25) is 0 Å². The molecule has 1 unspecified atom stereocenters. The Morgan fingerprint density at radius 2 is 2.14 bits per heavy atom. The van der Waals surface area contributed by atoms with E-state index < -0.39 is 0 Å². The van der Waals surface area contributed by atoms with Gasteiger partial charge in [0.1, 0.15) is 0 Å². The molecule has 80 valence electrons. The van der Waals surface area contributed by atoms with Crippen molar-refractivity contribution in [1.29, 1.82) is 0 Å². The summed E-state index contributed by atoms with van der Waals surface area (Å²) in [6.45, 7) is 6.53. The third-order valence-corrected chi connectivity index (χ3v) is 2.64. The third-order valence-electron chi connectivity index (χ3n) is 2.64. The molecule has 0 aromatic carbocycles. The number of nitrogens with zero attached hydrogens (tertiary/aromatic N) is 2. The Hall–Kier alpha value is -0.830. The summed E-state index contributed by atoms with van der Waals surface area (Å²) in [4.78, 5) is 0. The molecule has 0 saturated heterocycles. The fourth-order valence-corrected chi connectivity index (χ4v) is 1.67. The maximum Gasteiger partial charge on any atom is 0.0653 e. The Balaban J connectivity index is 2.96. The average molecular weight is 195 g/mol. The molecule has 0 amide bonds. The summed E-state index contributed by atoms with van der Waals surface area (Å²) in [5, 5.41) is 7.80. The molecule has 0 bridgehead atoms. The summed E-state index contributed by atoms with van der Waals surface area (Å²) >= 11 is 0. The lowest BCUT2D eigenvalue weighted by Crippen LogP contribution is -2.18. The maximum absolute atomic E-state index is 4.50. The summed E-state index contributed by atoms with van der Waals surface area (Å²) < 4.78 is 1.99. The summed E-state index contributed by atoms with van der Waals surface area (Å²) in [5.41, 5.74) is 2.45. The van der Waals surface area contributed by atoms with E-state index in [0.29, 0.717) is 12.0 Å². The zero-order chi connectivity index (χ0) is 10.7. The van der Waals surface area contributed by atoms with Crippen LogP contribution < -0.4 is 5.32 Å². The first-order valence-electron chi connectivity index (χ1n) is 5.31. The van der Waals surface area contributed by atoms with Crippen molar-refractivity contribution in [3.8, 4) is 0 Å². The van der Waals surface area contributed by atoms with E-state index in [-0.39, 0.29) is 0 Å². The Bertz CT molecular complexity index is 285. The normalized spacial score (nSPS) is 13.6. The van der Waals surface area contributed by atoms with Crippen molar-refractivity contribution in [2.75, 3.05) is 7.05 Å². The van der Waals surface area contributed by atoms with Crippen molar-refractivity contribution in [2.24, 2.45) is 7.05 Å². The standard InChI is InChI=1S/C11H21N3/c1-6-9(12-4)11-7-10(8(2)3)13-14(11)5/h7-9,12H,6H2,1-5H3. The highest BCUT2D eigenvalue weighted by Gasteiger charge is 2.14. The van der Waals surface area contributed by atoms with Crippen molar-refractivity contribution < 1.29 is 0 Å². The fourth-order valence-electron chi connectivity index (χ4n) is 1.67. The van der Waals surface area contributed by atoms with Gasteiger partial charge in [0, 0.05) is 13.1 Å². The molecule has 1 atom stereocenters. The van der Waals surface area contributed by atoms with Crippen LogP contribution in [0.2, 0.25) is 0 Å². The van der Waals surface area contributed by atoms with Crippen LogP contribution in [0.1, 0.15) is 50.5 Å². The number of hydrogen-bond acceptors (Lipinski definition) is 2. The number of rotatable bonds is 4. The molecule has 1 N–H and O–H groups in total. The molecule has 1 aromatic heterocycles. The summed E-state index contributed by atoms with van der Waals surface area (Å²) in [7, 11) is 4.01. The number of hydrogen-bond donors (Lipinski definition) is 1. The highest BCUT2D eigenvalue weighted by molar-refractivity contribution is 5.16. The first-order chi connectivity index (χ1) is 6.60. The third kappa shape index (κ3) is 2.15. The van der Waals surface area contributed by atoms with Crippen LogP contribution in [0.15, 0.2) is 6.07 Å². The molecule has 1 aromatic rings. The van der Waals surface area contributed by atoms with Crippen molar-refractivity contribution in [3.63, 3.8) is 0 Å². The van der Waals surface area contributed by atoms with E-state index in [1.807, 2.05) is 18.8 Å². The Kier molecular flexibility index (Phi) is 3.69. The highest BCUT2D eigenvalue weighted by Crippen LogP contribution is 2.20. The maximum atomic E-state index is 4.50. The second-order valence-corrected chi connectivity index (χ2v) is 4.02. The van der Waals surface area contributed by atoms with Crippen LogP contribution >= 0.6 is 0 Å². The van der Waals surface area contributed by atoms with E-state index in [2.05, 4.69) is 37.3 Å². The number of nitrogens with one attached hydrogen (secondary N) is 1. The van der Waals surface area contributed by atoms with Crippen LogP contribution in [0.3, 0.4) is 0 Å². The molecule has 0 aliphatic rings. The lowest BCUT2D eigenvalue weighted by molar-refractivity contribution is 0.525. The summed E-state index contributed by atoms with van der Waals surface area (Å²) in [5.74, 6) is 0.504. The molecule has 14 heavy (non-hydrogen) atoms. The van der Waals surface area contributed by atoms with Gasteiger partial charge in [-0.15, -0.1) is 0 Å². The minimum atomic E-state index is 0.417. The molecular weight excluding hydrogens is 174 g/mol. The van der Waals surface area contributed by atoms with E-state index in [9.17, 15) is 0 Å². The van der Waals surface area contributed by atoms with Gasteiger partial charge in [-0.1, -0.05) is 20.8 Å². The highest BCUT2D eigenvalue weighted by atomic mass is 15.3. The molecule has 3 heteroatoms. The monoisotopic (exact) mass is 195 g/mol. The van der Waals surface area contributed by atoms with Gasteiger partial charge < -0.3 is 5.32 Å². The van der Waals surface area contributed by atoms with E-state index in [0.717, 1.165) is 6.42 Å². The molecule has 0 spiro atoms. The van der Waals surface area contributed by atoms with Crippen molar-refractivity contribution in [3.05, 3.63) is 17.5 Å². The summed E-state index contributed by atoms with van der Waals surface area (Å²) in [6, 6.07) is 2.62. The second kappa shape index (κ2) is 4.60. The predicted molar refractivity (Wildman–Crippen MR) is 59.4 cm³/mol. The van der Waals surface area contributed by atoms with Crippen LogP contribution in [0, 0.1) is 0 Å². The average Bonchev–Trinajstić information content (AvgIpc) is 2.51. The minimum absolute atomic E-state index is 0.417. The van der Waals surface area contributed by atoms with Gasteiger partial charge in [-0.05, 0) is 25.5 Å². The number of aromatic nitrogens is 2. The first kappa shape index (κ1) is 11.2. The van der Waals surface area contributed by atoms with Crippen LogP contribution in [0.5, 0.6) is 0 Å².